The van der Waals surface area contributed by atoms with Crippen LogP contribution in [0.3, 0.4) is 0 Å². The molecule has 6 nitrogen and oxygen atoms in total. The Morgan fingerprint density at radius 2 is 2.32 bits per heavy atom. The zero-order valence-electron chi connectivity index (χ0n) is 10.7. The molecule has 0 bridgehead atoms. The van der Waals surface area contributed by atoms with Crippen LogP contribution in [-0.4, -0.2) is 43.2 Å². The summed E-state index contributed by atoms with van der Waals surface area (Å²) in [4.78, 5) is 0. The van der Waals surface area contributed by atoms with Gasteiger partial charge in [-0.05, 0) is 17.5 Å². The molecule has 0 aliphatic carbocycles. The number of hydrogen-bond acceptors (Lipinski definition) is 5. The van der Waals surface area contributed by atoms with Crippen LogP contribution >= 0.6 is 11.3 Å². The van der Waals surface area contributed by atoms with E-state index in [0.717, 1.165) is 11.3 Å². The van der Waals surface area contributed by atoms with Crippen LogP contribution in [0.15, 0.2) is 34.1 Å². The highest BCUT2D eigenvalue weighted by Gasteiger charge is 2.25. The van der Waals surface area contributed by atoms with Crippen molar-refractivity contribution in [3.8, 4) is 5.75 Å². The summed E-state index contributed by atoms with van der Waals surface area (Å²) in [5.41, 5.74) is 0. The number of nitrogens with zero attached hydrogens (tertiary/aromatic N) is 3. The van der Waals surface area contributed by atoms with E-state index < -0.39 is 10.0 Å². The molecule has 0 fully saturated rings. The highest BCUT2D eigenvalue weighted by molar-refractivity contribution is 7.91. The van der Waals surface area contributed by atoms with Gasteiger partial charge in [-0.15, -0.1) is 11.3 Å². The fraction of sp³-hybridized carbons (Fsp3) is 0.364. The Morgan fingerprint density at radius 3 is 2.95 bits per heavy atom. The molecule has 0 saturated heterocycles. The quantitative estimate of drug-likeness (QED) is 0.806. The Balaban J connectivity index is 2.11. The van der Waals surface area contributed by atoms with E-state index in [9.17, 15) is 8.42 Å². The predicted octanol–water partition coefficient (Wildman–Crippen LogP) is 1.27. The maximum atomic E-state index is 12.4. The second-order valence-electron chi connectivity index (χ2n) is 3.87. The van der Waals surface area contributed by atoms with Crippen LogP contribution in [0.4, 0.5) is 0 Å². The number of hydrogen-bond donors (Lipinski definition) is 0. The number of thiophene rings is 1. The lowest BCUT2D eigenvalue weighted by molar-refractivity contribution is 0.399. The molecular weight excluding hydrogens is 286 g/mol. The predicted molar refractivity (Wildman–Crippen MR) is 72.9 cm³/mol. The molecule has 0 spiro atoms. The smallest absolute Gasteiger partial charge is 0.256 e. The molecule has 19 heavy (non-hydrogen) atoms. The van der Waals surface area contributed by atoms with Gasteiger partial charge in [-0.3, -0.25) is 4.68 Å². The summed E-state index contributed by atoms with van der Waals surface area (Å²) < 4.78 is 33.0. The maximum Gasteiger partial charge on any atom is 0.256 e. The summed E-state index contributed by atoms with van der Waals surface area (Å²) in [6.07, 6.45) is 3.46. The van der Waals surface area contributed by atoms with Crippen LogP contribution < -0.4 is 4.74 Å². The Bertz CT molecular complexity index is 619. The van der Waals surface area contributed by atoms with E-state index in [2.05, 4.69) is 5.10 Å². The second kappa shape index (κ2) is 5.72. The van der Waals surface area contributed by atoms with Gasteiger partial charge in [-0.25, -0.2) is 8.42 Å². The lowest BCUT2D eigenvalue weighted by atomic mass is 10.6. The summed E-state index contributed by atoms with van der Waals surface area (Å²) >= 11 is 1.16. The van der Waals surface area contributed by atoms with Gasteiger partial charge in [0.25, 0.3) is 10.0 Å². The molecule has 0 unspecified atom stereocenters. The monoisotopic (exact) mass is 301 g/mol. The third-order valence-electron chi connectivity index (χ3n) is 2.66. The van der Waals surface area contributed by atoms with E-state index in [1.165, 1.54) is 11.4 Å². The molecule has 0 saturated carbocycles. The van der Waals surface area contributed by atoms with Crippen molar-refractivity contribution in [1.29, 1.82) is 0 Å². The number of aromatic nitrogens is 2. The van der Waals surface area contributed by atoms with Gasteiger partial charge in [-0.2, -0.15) is 9.40 Å². The highest BCUT2D eigenvalue weighted by atomic mass is 32.2. The van der Waals surface area contributed by atoms with Gasteiger partial charge < -0.3 is 4.74 Å². The van der Waals surface area contributed by atoms with Crippen molar-refractivity contribution in [3.05, 3.63) is 29.9 Å². The maximum absolute atomic E-state index is 12.4. The summed E-state index contributed by atoms with van der Waals surface area (Å²) in [5.74, 6) is 0.385. The molecule has 0 atom stereocenters. The molecule has 0 aliphatic heterocycles. The van der Waals surface area contributed by atoms with Crippen LogP contribution in [0.1, 0.15) is 0 Å². The third kappa shape index (κ3) is 2.96. The zero-order chi connectivity index (χ0) is 13.9. The molecule has 104 valence electrons. The fourth-order valence-electron chi connectivity index (χ4n) is 1.56. The molecule has 0 aliphatic rings. The first-order valence-corrected chi connectivity index (χ1v) is 7.93. The minimum absolute atomic E-state index is 0.234. The van der Waals surface area contributed by atoms with Crippen LogP contribution in [-0.2, 0) is 16.6 Å². The van der Waals surface area contributed by atoms with Crippen LogP contribution in [0, 0.1) is 0 Å². The summed E-state index contributed by atoms with van der Waals surface area (Å²) in [7, 11) is -0.489. The van der Waals surface area contributed by atoms with Crippen molar-refractivity contribution < 1.29 is 13.2 Å². The Labute approximate surface area is 116 Å². The van der Waals surface area contributed by atoms with Gasteiger partial charge in [0.05, 0.1) is 13.7 Å². The average Bonchev–Trinajstić information content (AvgIpc) is 3.06. The summed E-state index contributed by atoms with van der Waals surface area (Å²) in [5, 5.41) is 5.74. The van der Waals surface area contributed by atoms with Crippen molar-refractivity contribution in [2.45, 2.75) is 10.8 Å². The lowest BCUT2D eigenvalue weighted by Gasteiger charge is -2.16. The SMILES string of the molecule is COc1ccsc1S(=O)(=O)N(C)CCn1cccn1. The van der Waals surface area contributed by atoms with Gasteiger partial charge in [0.2, 0.25) is 0 Å². The first-order chi connectivity index (χ1) is 9.05. The topological polar surface area (TPSA) is 64.4 Å². The normalized spacial score (nSPS) is 11.9. The van der Waals surface area contributed by atoms with E-state index in [1.54, 1.807) is 41.6 Å². The molecular formula is C11H15N3O3S2. The number of rotatable bonds is 6. The van der Waals surface area contributed by atoms with Gasteiger partial charge in [0, 0.05) is 26.0 Å². The van der Waals surface area contributed by atoms with E-state index >= 15 is 0 Å². The van der Waals surface area contributed by atoms with Gasteiger partial charge in [0.1, 0.15) is 5.75 Å². The molecule has 0 aromatic carbocycles. The van der Waals surface area contributed by atoms with Crippen LogP contribution in [0.25, 0.3) is 0 Å². The molecule has 0 amide bonds. The van der Waals surface area contributed by atoms with Gasteiger partial charge in [0.15, 0.2) is 4.21 Å². The van der Waals surface area contributed by atoms with E-state index in [0.29, 0.717) is 18.8 Å². The minimum Gasteiger partial charge on any atom is -0.494 e. The second-order valence-corrected chi connectivity index (χ2v) is 7.03. The number of ether oxygens (including phenoxy) is 1. The zero-order valence-corrected chi connectivity index (χ0v) is 12.3. The molecule has 2 aromatic heterocycles. The van der Waals surface area contributed by atoms with E-state index in [4.69, 9.17) is 4.74 Å². The van der Waals surface area contributed by atoms with Crippen molar-refractivity contribution in [3.63, 3.8) is 0 Å². The standard InChI is InChI=1S/C11H15N3O3S2/c1-13(7-8-14-6-3-5-12-14)19(15,16)11-10(17-2)4-9-18-11/h3-6,9H,7-8H2,1-2H3. The molecule has 8 heteroatoms. The largest absolute Gasteiger partial charge is 0.494 e. The highest BCUT2D eigenvalue weighted by Crippen LogP contribution is 2.31. The third-order valence-corrected chi connectivity index (χ3v) is 5.94. The van der Waals surface area contributed by atoms with Crippen molar-refractivity contribution in [2.75, 3.05) is 20.7 Å². The number of likely N-dealkylation sites (N-methyl/N-ethyl adjacent to an activating group) is 1. The number of sulfonamides is 1. The summed E-state index contributed by atoms with van der Waals surface area (Å²) in [6, 6.07) is 3.45. The van der Waals surface area contributed by atoms with E-state index in [-0.39, 0.29) is 4.21 Å². The van der Waals surface area contributed by atoms with Gasteiger partial charge in [-0.1, -0.05) is 0 Å². The van der Waals surface area contributed by atoms with Crippen molar-refractivity contribution in [2.24, 2.45) is 0 Å². The molecule has 0 N–H and O–H groups in total. The number of methoxy groups -OCH3 is 1. The van der Waals surface area contributed by atoms with Crippen molar-refractivity contribution in [1.82, 2.24) is 14.1 Å². The molecule has 2 heterocycles. The average molecular weight is 301 g/mol. The van der Waals surface area contributed by atoms with Gasteiger partial charge >= 0.3 is 0 Å². The first-order valence-electron chi connectivity index (χ1n) is 5.61. The minimum atomic E-state index is -3.51. The fourth-order valence-corrected chi connectivity index (χ4v) is 4.19. The summed E-state index contributed by atoms with van der Waals surface area (Å²) in [6.45, 7) is 0.863. The molecule has 2 rings (SSSR count). The molecule has 2 aromatic rings. The van der Waals surface area contributed by atoms with Crippen LogP contribution in [0.2, 0.25) is 0 Å². The van der Waals surface area contributed by atoms with Crippen LogP contribution in [0.5, 0.6) is 5.75 Å². The molecule has 0 radical (unpaired) electrons. The lowest BCUT2D eigenvalue weighted by Crippen LogP contribution is -2.30. The Kier molecular flexibility index (Phi) is 4.23. The first kappa shape index (κ1) is 14.0. The Morgan fingerprint density at radius 1 is 1.53 bits per heavy atom. The Hall–Kier alpha value is -1.38. The van der Waals surface area contributed by atoms with Crippen molar-refractivity contribution >= 4 is 21.4 Å². The van der Waals surface area contributed by atoms with E-state index in [1.807, 2.05) is 0 Å².